The molecule has 0 unspecified atom stereocenters. The van der Waals surface area contributed by atoms with Crippen molar-refractivity contribution in [2.45, 2.75) is 6.92 Å². The predicted octanol–water partition coefficient (Wildman–Crippen LogP) is 2.27. The average molecular weight is 301 g/mol. The minimum absolute atomic E-state index is 0.157. The van der Waals surface area contributed by atoms with E-state index in [1.54, 1.807) is 12.1 Å². The zero-order valence-corrected chi connectivity index (χ0v) is 11.8. The van der Waals surface area contributed by atoms with Gasteiger partial charge in [0.25, 0.3) is 0 Å². The fourth-order valence-corrected chi connectivity index (χ4v) is 1.91. The molecular weight excluding hydrogens is 286 g/mol. The van der Waals surface area contributed by atoms with Crippen LogP contribution in [0.25, 0.3) is 0 Å². The van der Waals surface area contributed by atoms with Crippen molar-refractivity contribution in [1.29, 1.82) is 0 Å². The first kappa shape index (κ1) is 15.2. The fraction of sp³-hybridized carbons (Fsp3) is 0.0667. The molecule has 0 atom stereocenters. The Kier molecular flexibility index (Phi) is 4.17. The minimum atomic E-state index is -0.720. The number of hydrogen-bond acceptors (Lipinski definition) is 5. The van der Waals surface area contributed by atoms with Crippen LogP contribution in [0, 0.1) is 0 Å². The Hall–Kier alpha value is -3.22. The lowest BCUT2D eigenvalue weighted by Gasteiger charge is -2.20. The minimum Gasteiger partial charge on any atom is -0.508 e. The number of amides is 3. The highest BCUT2D eigenvalue weighted by molar-refractivity contribution is 6.17. The highest BCUT2D eigenvalue weighted by atomic mass is 16.3. The van der Waals surface area contributed by atoms with E-state index in [0.29, 0.717) is 11.4 Å². The molecule has 3 amide bonds. The van der Waals surface area contributed by atoms with Gasteiger partial charge in [-0.15, -0.1) is 0 Å². The second kappa shape index (κ2) is 6.04. The van der Waals surface area contributed by atoms with Crippen molar-refractivity contribution in [2.75, 3.05) is 16.0 Å². The first-order valence-electron chi connectivity index (χ1n) is 6.37. The zero-order valence-electron chi connectivity index (χ0n) is 11.8. The summed E-state index contributed by atoms with van der Waals surface area (Å²) in [4.78, 5) is 24.9. The number of urea groups is 1. The van der Waals surface area contributed by atoms with E-state index in [1.165, 1.54) is 31.2 Å². The molecule has 2 aromatic rings. The molecule has 0 heterocycles. The van der Waals surface area contributed by atoms with Crippen LogP contribution >= 0.6 is 0 Å². The van der Waals surface area contributed by atoms with Gasteiger partial charge >= 0.3 is 6.03 Å². The van der Waals surface area contributed by atoms with Crippen LogP contribution in [-0.2, 0) is 4.79 Å². The summed E-state index contributed by atoms with van der Waals surface area (Å²) in [6, 6.07) is 9.11. The van der Waals surface area contributed by atoms with Crippen LogP contribution in [0.4, 0.5) is 21.9 Å². The molecule has 2 aromatic carbocycles. The summed E-state index contributed by atoms with van der Waals surface area (Å²) in [6.07, 6.45) is 0. The number of nitrogens with one attached hydrogen (secondary N) is 1. The van der Waals surface area contributed by atoms with Crippen molar-refractivity contribution >= 4 is 29.0 Å². The SMILES string of the molecule is CC(=O)N(C(=O)Nc1cc(O)cc(O)c1)c1ccc(N)cc1. The molecular formula is C15H15N3O4. The summed E-state index contributed by atoms with van der Waals surface area (Å²) in [5.41, 5.74) is 6.59. The Morgan fingerprint density at radius 1 is 1.05 bits per heavy atom. The van der Waals surface area contributed by atoms with Crippen molar-refractivity contribution in [3.63, 3.8) is 0 Å². The maximum absolute atomic E-state index is 12.3. The first-order valence-corrected chi connectivity index (χ1v) is 6.37. The largest absolute Gasteiger partial charge is 0.508 e. The molecule has 0 aliphatic heterocycles. The van der Waals surface area contributed by atoms with Crippen LogP contribution in [0.15, 0.2) is 42.5 Å². The maximum atomic E-state index is 12.3. The van der Waals surface area contributed by atoms with Crippen molar-refractivity contribution in [1.82, 2.24) is 0 Å². The lowest BCUT2D eigenvalue weighted by molar-refractivity contribution is -0.115. The number of anilines is 3. The van der Waals surface area contributed by atoms with Crippen LogP contribution in [0.1, 0.15) is 6.92 Å². The number of hydrogen-bond donors (Lipinski definition) is 4. The second-order valence-corrected chi connectivity index (χ2v) is 4.61. The van der Waals surface area contributed by atoms with Crippen LogP contribution in [0.5, 0.6) is 11.5 Å². The molecule has 0 radical (unpaired) electrons. The van der Waals surface area contributed by atoms with Crippen molar-refractivity contribution in [2.24, 2.45) is 0 Å². The number of rotatable bonds is 2. The lowest BCUT2D eigenvalue weighted by atomic mass is 10.2. The third-order valence-corrected chi connectivity index (χ3v) is 2.82. The smallest absolute Gasteiger partial charge is 0.333 e. The van der Waals surface area contributed by atoms with Gasteiger partial charge in [0, 0.05) is 36.5 Å². The van der Waals surface area contributed by atoms with E-state index >= 15 is 0 Å². The molecule has 0 bridgehead atoms. The van der Waals surface area contributed by atoms with E-state index in [9.17, 15) is 19.8 Å². The van der Waals surface area contributed by atoms with Crippen LogP contribution in [-0.4, -0.2) is 22.2 Å². The highest BCUT2D eigenvalue weighted by Crippen LogP contribution is 2.25. The van der Waals surface area contributed by atoms with Gasteiger partial charge < -0.3 is 21.3 Å². The fourth-order valence-electron chi connectivity index (χ4n) is 1.91. The molecule has 0 saturated carbocycles. The number of carbonyl (C=O) groups is 2. The first-order chi connectivity index (χ1) is 10.4. The van der Waals surface area contributed by atoms with Gasteiger partial charge in [-0.2, -0.15) is 0 Å². The number of carbonyl (C=O) groups excluding carboxylic acids is 2. The van der Waals surface area contributed by atoms with Crippen molar-refractivity contribution in [3.8, 4) is 11.5 Å². The third kappa shape index (κ3) is 3.45. The van der Waals surface area contributed by atoms with Crippen LogP contribution < -0.4 is 16.0 Å². The molecule has 0 saturated heterocycles. The van der Waals surface area contributed by atoms with E-state index in [0.717, 1.165) is 11.0 Å². The molecule has 0 fully saturated rings. The highest BCUT2D eigenvalue weighted by Gasteiger charge is 2.20. The van der Waals surface area contributed by atoms with Crippen molar-refractivity contribution in [3.05, 3.63) is 42.5 Å². The van der Waals surface area contributed by atoms with Crippen LogP contribution in [0.2, 0.25) is 0 Å². The predicted molar refractivity (Wildman–Crippen MR) is 82.8 cm³/mol. The standard InChI is InChI=1S/C15H15N3O4/c1-9(19)18(12-4-2-10(16)3-5-12)15(22)17-11-6-13(20)8-14(21)7-11/h2-8,20-21H,16H2,1H3,(H,17,22). The molecule has 0 aliphatic carbocycles. The zero-order chi connectivity index (χ0) is 16.3. The lowest BCUT2D eigenvalue weighted by Crippen LogP contribution is -2.38. The summed E-state index contributed by atoms with van der Waals surface area (Å²) in [7, 11) is 0. The molecule has 22 heavy (non-hydrogen) atoms. The summed E-state index contributed by atoms with van der Waals surface area (Å²) in [5.74, 6) is -0.916. The summed E-state index contributed by atoms with van der Waals surface area (Å²) in [5, 5.41) is 21.2. The number of phenols is 2. The molecule has 0 aliphatic rings. The molecule has 0 spiro atoms. The summed E-state index contributed by atoms with van der Waals surface area (Å²) < 4.78 is 0. The number of benzene rings is 2. The quantitative estimate of drug-likeness (QED) is 0.635. The Labute approximate surface area is 126 Å². The van der Waals surface area contributed by atoms with Gasteiger partial charge in [0.05, 0.1) is 5.69 Å². The number of nitrogens with zero attached hydrogens (tertiary/aromatic N) is 1. The monoisotopic (exact) mass is 301 g/mol. The molecule has 5 N–H and O–H groups in total. The van der Waals surface area contributed by atoms with E-state index in [2.05, 4.69) is 5.32 Å². The van der Waals surface area contributed by atoms with Crippen LogP contribution in [0.3, 0.4) is 0 Å². The number of nitrogens with two attached hydrogens (primary N) is 1. The number of imide groups is 1. The second-order valence-electron chi connectivity index (χ2n) is 4.61. The van der Waals surface area contributed by atoms with Gasteiger partial charge in [0.15, 0.2) is 0 Å². The summed E-state index contributed by atoms with van der Waals surface area (Å²) >= 11 is 0. The number of nitrogen functional groups attached to an aromatic ring is 1. The molecule has 7 nitrogen and oxygen atoms in total. The van der Waals surface area contributed by atoms with E-state index in [-0.39, 0.29) is 17.2 Å². The average Bonchev–Trinajstić information content (AvgIpc) is 2.39. The molecule has 2 rings (SSSR count). The topological polar surface area (TPSA) is 116 Å². The van der Waals surface area contributed by atoms with Gasteiger partial charge in [-0.25, -0.2) is 9.69 Å². The van der Waals surface area contributed by atoms with E-state index in [4.69, 9.17) is 5.73 Å². The molecule has 7 heteroatoms. The van der Waals surface area contributed by atoms with Gasteiger partial charge in [-0.1, -0.05) is 0 Å². The normalized spacial score (nSPS) is 10.0. The molecule has 0 aromatic heterocycles. The number of aromatic hydroxyl groups is 2. The Bertz CT molecular complexity index is 693. The van der Waals surface area contributed by atoms with Gasteiger partial charge in [0.1, 0.15) is 11.5 Å². The molecule has 114 valence electrons. The third-order valence-electron chi connectivity index (χ3n) is 2.82. The van der Waals surface area contributed by atoms with Gasteiger partial charge in [-0.05, 0) is 24.3 Å². The van der Waals surface area contributed by atoms with Crippen molar-refractivity contribution < 1.29 is 19.8 Å². The van der Waals surface area contributed by atoms with Gasteiger partial charge in [-0.3, -0.25) is 4.79 Å². The van der Waals surface area contributed by atoms with Gasteiger partial charge in [0.2, 0.25) is 5.91 Å². The summed E-state index contributed by atoms with van der Waals surface area (Å²) in [6.45, 7) is 1.25. The number of phenolic OH excluding ortho intramolecular Hbond substituents is 2. The Morgan fingerprint density at radius 2 is 1.59 bits per heavy atom. The Balaban J connectivity index is 2.27. The maximum Gasteiger partial charge on any atom is 0.333 e. The van der Waals surface area contributed by atoms with E-state index in [1.807, 2.05) is 0 Å². The van der Waals surface area contributed by atoms with E-state index < -0.39 is 11.9 Å². The Morgan fingerprint density at radius 3 is 2.09 bits per heavy atom.